The summed E-state index contributed by atoms with van der Waals surface area (Å²) in [6.45, 7) is 0. The number of nitrogens with zero attached hydrogens (tertiary/aromatic N) is 1. The zero-order chi connectivity index (χ0) is 10.9. The Bertz CT molecular complexity index is 386. The number of hydrogen-bond donors (Lipinski definition) is 1. The second-order valence-electron chi connectivity index (χ2n) is 2.31. The lowest BCUT2D eigenvalue weighted by Gasteiger charge is -2.06. The SMILES string of the molecule is O=C(O)c1c(C(F)F)cc(I)nc1Br. The number of rotatable bonds is 2. The molecule has 0 aliphatic heterocycles. The third kappa shape index (κ3) is 2.38. The first-order valence-corrected chi connectivity index (χ1v) is 5.18. The van der Waals surface area contributed by atoms with E-state index in [1.807, 2.05) is 0 Å². The lowest BCUT2D eigenvalue weighted by molar-refractivity contribution is 0.0682. The molecule has 76 valence electrons. The van der Waals surface area contributed by atoms with Crippen LogP contribution in [0.25, 0.3) is 0 Å². The van der Waals surface area contributed by atoms with Gasteiger partial charge < -0.3 is 5.11 Å². The molecule has 1 rings (SSSR count). The Morgan fingerprint density at radius 3 is 2.64 bits per heavy atom. The van der Waals surface area contributed by atoms with Crippen LogP contribution >= 0.6 is 38.5 Å². The highest BCUT2D eigenvalue weighted by molar-refractivity contribution is 14.1. The molecule has 0 amide bonds. The zero-order valence-corrected chi connectivity index (χ0v) is 10.2. The quantitative estimate of drug-likeness (QED) is 0.636. The van der Waals surface area contributed by atoms with E-state index >= 15 is 0 Å². The Labute approximate surface area is 99.8 Å². The Kier molecular flexibility index (Phi) is 3.76. The van der Waals surface area contributed by atoms with Gasteiger partial charge in [-0.3, -0.25) is 0 Å². The van der Waals surface area contributed by atoms with Crippen molar-refractivity contribution in [3.05, 3.63) is 25.5 Å². The molecule has 14 heavy (non-hydrogen) atoms. The summed E-state index contributed by atoms with van der Waals surface area (Å²) in [5.41, 5.74) is -1.01. The molecule has 0 aromatic carbocycles. The lowest BCUT2D eigenvalue weighted by Crippen LogP contribution is -2.06. The van der Waals surface area contributed by atoms with Crippen LogP contribution in [0.3, 0.4) is 0 Å². The maximum Gasteiger partial charge on any atom is 0.338 e. The zero-order valence-electron chi connectivity index (χ0n) is 6.47. The van der Waals surface area contributed by atoms with Gasteiger partial charge in [0.15, 0.2) is 0 Å². The molecule has 0 saturated heterocycles. The Morgan fingerprint density at radius 1 is 1.64 bits per heavy atom. The van der Waals surface area contributed by atoms with Gasteiger partial charge in [0, 0.05) is 5.56 Å². The van der Waals surface area contributed by atoms with Gasteiger partial charge in [-0.2, -0.15) is 0 Å². The molecule has 0 fully saturated rings. The summed E-state index contributed by atoms with van der Waals surface area (Å²) in [7, 11) is 0. The minimum absolute atomic E-state index is 0.0767. The summed E-state index contributed by atoms with van der Waals surface area (Å²) in [5, 5.41) is 8.68. The van der Waals surface area contributed by atoms with E-state index in [0.717, 1.165) is 6.07 Å². The average Bonchev–Trinajstić information content (AvgIpc) is 2.01. The molecule has 0 spiro atoms. The van der Waals surface area contributed by atoms with Crippen molar-refractivity contribution in [1.82, 2.24) is 4.98 Å². The molecule has 0 saturated carbocycles. The number of carboxylic acid groups (broad SMARTS) is 1. The van der Waals surface area contributed by atoms with Gasteiger partial charge in [0.25, 0.3) is 6.43 Å². The van der Waals surface area contributed by atoms with E-state index in [4.69, 9.17) is 5.11 Å². The number of hydrogen-bond acceptors (Lipinski definition) is 2. The number of halogens is 4. The van der Waals surface area contributed by atoms with Gasteiger partial charge in [0.2, 0.25) is 0 Å². The van der Waals surface area contributed by atoms with Gasteiger partial charge in [-0.05, 0) is 44.6 Å². The first-order valence-electron chi connectivity index (χ1n) is 3.31. The molecule has 0 aliphatic carbocycles. The van der Waals surface area contributed by atoms with Crippen molar-refractivity contribution in [2.24, 2.45) is 0 Å². The molecule has 1 N–H and O–H groups in total. The Hall–Kier alpha value is -0.310. The predicted octanol–water partition coefficient (Wildman–Crippen LogP) is 3.08. The number of aromatic carboxylic acids is 1. The summed E-state index contributed by atoms with van der Waals surface area (Å²) in [5.74, 6) is -1.42. The number of carboxylic acids is 1. The van der Waals surface area contributed by atoms with Crippen LogP contribution in [0.15, 0.2) is 10.7 Å². The van der Waals surface area contributed by atoms with Crippen LogP contribution in [0.5, 0.6) is 0 Å². The van der Waals surface area contributed by atoms with Gasteiger partial charge >= 0.3 is 5.97 Å². The van der Waals surface area contributed by atoms with Crippen LogP contribution < -0.4 is 0 Å². The van der Waals surface area contributed by atoms with Crippen LogP contribution in [-0.4, -0.2) is 16.1 Å². The molecule has 1 heterocycles. The fraction of sp³-hybridized carbons (Fsp3) is 0.143. The van der Waals surface area contributed by atoms with Crippen molar-refractivity contribution in [3.8, 4) is 0 Å². The van der Waals surface area contributed by atoms with E-state index in [0.29, 0.717) is 3.70 Å². The molecule has 0 bridgehead atoms. The standard InChI is InChI=1S/C7H3BrF2INO2/c8-5-4(7(13)14)2(6(9)10)1-3(11)12-5/h1,6H,(H,13,14). The summed E-state index contributed by atoms with van der Waals surface area (Å²) >= 11 is 4.57. The maximum absolute atomic E-state index is 12.4. The fourth-order valence-electron chi connectivity index (χ4n) is 0.885. The van der Waals surface area contributed by atoms with Gasteiger partial charge in [-0.1, -0.05) is 0 Å². The number of alkyl halides is 2. The van der Waals surface area contributed by atoms with Gasteiger partial charge in [0.1, 0.15) is 13.9 Å². The van der Waals surface area contributed by atoms with Crippen molar-refractivity contribution in [2.75, 3.05) is 0 Å². The topological polar surface area (TPSA) is 50.2 Å². The number of pyridine rings is 1. The first-order chi connectivity index (χ1) is 6.43. The van der Waals surface area contributed by atoms with Gasteiger partial charge in [0.05, 0.1) is 0 Å². The molecule has 0 radical (unpaired) electrons. The maximum atomic E-state index is 12.4. The van der Waals surface area contributed by atoms with E-state index in [2.05, 4.69) is 20.9 Å². The van der Waals surface area contributed by atoms with E-state index < -0.39 is 23.5 Å². The third-order valence-corrected chi connectivity index (χ3v) is 2.55. The Morgan fingerprint density at radius 2 is 2.21 bits per heavy atom. The third-order valence-electron chi connectivity index (χ3n) is 1.42. The molecular formula is C7H3BrF2INO2. The highest BCUT2D eigenvalue weighted by Crippen LogP contribution is 2.28. The van der Waals surface area contributed by atoms with Crippen LogP contribution in [0.4, 0.5) is 8.78 Å². The van der Waals surface area contributed by atoms with Crippen LogP contribution in [0, 0.1) is 3.70 Å². The summed E-state index contributed by atoms with van der Waals surface area (Å²) < 4.78 is 25.1. The molecule has 0 aliphatic rings. The van der Waals surface area contributed by atoms with E-state index in [-0.39, 0.29) is 4.60 Å². The Balaban J connectivity index is 3.44. The second-order valence-corrected chi connectivity index (χ2v) is 4.16. The predicted molar refractivity (Wildman–Crippen MR) is 56.6 cm³/mol. The normalized spacial score (nSPS) is 10.6. The fourth-order valence-corrected chi connectivity index (χ4v) is 2.38. The minimum atomic E-state index is -2.83. The molecular weight excluding hydrogens is 375 g/mol. The van der Waals surface area contributed by atoms with Crippen molar-refractivity contribution >= 4 is 44.5 Å². The first kappa shape index (κ1) is 11.8. The van der Waals surface area contributed by atoms with Gasteiger partial charge in [-0.25, -0.2) is 18.6 Å². The van der Waals surface area contributed by atoms with Crippen molar-refractivity contribution in [2.45, 2.75) is 6.43 Å². The molecule has 7 heteroatoms. The largest absolute Gasteiger partial charge is 0.478 e. The van der Waals surface area contributed by atoms with Crippen LogP contribution in [-0.2, 0) is 0 Å². The monoisotopic (exact) mass is 377 g/mol. The minimum Gasteiger partial charge on any atom is -0.478 e. The van der Waals surface area contributed by atoms with E-state index in [1.165, 1.54) is 0 Å². The summed E-state index contributed by atoms with van der Waals surface area (Å²) in [6.07, 6.45) is -2.83. The van der Waals surface area contributed by atoms with E-state index in [9.17, 15) is 13.6 Å². The number of carbonyl (C=O) groups is 1. The smallest absolute Gasteiger partial charge is 0.338 e. The highest BCUT2D eigenvalue weighted by atomic mass is 127. The van der Waals surface area contributed by atoms with E-state index in [1.54, 1.807) is 22.6 Å². The summed E-state index contributed by atoms with van der Waals surface area (Å²) in [6, 6.07) is 1.06. The molecule has 1 aromatic rings. The van der Waals surface area contributed by atoms with Crippen LogP contribution in [0.2, 0.25) is 0 Å². The molecule has 0 atom stereocenters. The highest BCUT2D eigenvalue weighted by Gasteiger charge is 2.22. The molecule has 1 aromatic heterocycles. The van der Waals surface area contributed by atoms with Gasteiger partial charge in [-0.15, -0.1) is 0 Å². The average molecular weight is 378 g/mol. The van der Waals surface area contributed by atoms with Crippen molar-refractivity contribution in [3.63, 3.8) is 0 Å². The lowest BCUT2D eigenvalue weighted by atomic mass is 10.1. The number of aromatic nitrogens is 1. The van der Waals surface area contributed by atoms with Crippen molar-refractivity contribution in [1.29, 1.82) is 0 Å². The van der Waals surface area contributed by atoms with Crippen LogP contribution in [0.1, 0.15) is 22.3 Å². The van der Waals surface area contributed by atoms with Crippen molar-refractivity contribution < 1.29 is 18.7 Å². The summed E-state index contributed by atoms with van der Waals surface area (Å²) in [4.78, 5) is 14.4. The molecule has 0 unspecified atom stereocenters. The molecule has 3 nitrogen and oxygen atoms in total. The second kappa shape index (κ2) is 4.47.